The first-order chi connectivity index (χ1) is 11.5. The molecule has 0 spiro atoms. The van der Waals surface area contributed by atoms with Gasteiger partial charge in [-0.25, -0.2) is 9.79 Å². The van der Waals surface area contributed by atoms with Gasteiger partial charge in [0.2, 0.25) is 5.91 Å². The summed E-state index contributed by atoms with van der Waals surface area (Å²) in [5, 5.41) is 4.28. The summed E-state index contributed by atoms with van der Waals surface area (Å²) < 4.78 is 0. The van der Waals surface area contributed by atoms with Gasteiger partial charge in [0.15, 0.2) is 0 Å². The molecule has 1 unspecified atom stereocenters. The highest BCUT2D eigenvalue weighted by molar-refractivity contribution is 8.14. The normalized spacial score (nSPS) is 20.1. The maximum atomic E-state index is 12.1. The predicted molar refractivity (Wildman–Crippen MR) is 99.8 cm³/mol. The van der Waals surface area contributed by atoms with Crippen molar-refractivity contribution < 1.29 is 9.59 Å². The molecule has 1 fully saturated rings. The first kappa shape index (κ1) is 17.5. The number of hydrogen-bond acceptors (Lipinski definition) is 3. The van der Waals surface area contributed by atoms with Gasteiger partial charge >= 0.3 is 6.03 Å². The minimum absolute atomic E-state index is 0.0965. The fourth-order valence-corrected chi connectivity index (χ4v) is 4.01. The number of rotatable bonds is 3. The highest BCUT2D eigenvalue weighted by Crippen LogP contribution is 2.30. The van der Waals surface area contributed by atoms with Gasteiger partial charge in [0, 0.05) is 17.3 Å². The van der Waals surface area contributed by atoms with Crippen LogP contribution in [0.3, 0.4) is 0 Å². The lowest BCUT2D eigenvalue weighted by molar-refractivity contribution is -0.113. The number of carbonyl (C=O) groups excluding carboxylic acids is 2. The van der Waals surface area contributed by atoms with Crippen LogP contribution < -0.4 is 5.32 Å². The average molecular weight is 384 g/mol. The van der Waals surface area contributed by atoms with E-state index in [2.05, 4.69) is 15.3 Å². The lowest BCUT2D eigenvalue weighted by Gasteiger charge is -2.26. The topological polar surface area (TPSA) is 70.9 Å². The number of hydrogen-bond donors (Lipinski definition) is 1. The molecule has 8 heteroatoms. The van der Waals surface area contributed by atoms with Gasteiger partial charge in [0.05, 0.1) is 20.8 Å². The summed E-state index contributed by atoms with van der Waals surface area (Å²) >= 11 is 13.1. The highest BCUT2D eigenvalue weighted by Gasteiger charge is 2.30. The summed E-state index contributed by atoms with van der Waals surface area (Å²) in [5.74, 6) is 0.0866. The molecule has 5 nitrogen and oxygen atoms in total. The largest absolute Gasteiger partial charge is 0.367 e. The molecule has 0 radical (unpaired) electrons. The lowest BCUT2D eigenvalue weighted by Crippen LogP contribution is -2.31. The molecule has 1 aromatic carbocycles. The Labute approximate surface area is 153 Å². The Morgan fingerprint density at radius 1 is 1.25 bits per heavy atom. The molecule has 0 bridgehead atoms. The molecule has 3 amide bonds. The molecule has 0 saturated heterocycles. The van der Waals surface area contributed by atoms with Gasteiger partial charge in [-0.15, -0.1) is 0 Å². The number of aliphatic imine (C=N–C) groups is 2. The van der Waals surface area contributed by atoms with Crippen LogP contribution in [-0.4, -0.2) is 28.4 Å². The number of thioether (sulfide) groups is 1. The summed E-state index contributed by atoms with van der Waals surface area (Å²) in [5.41, 5.74) is 1.49. The molecule has 1 heterocycles. The van der Waals surface area contributed by atoms with Crippen LogP contribution in [0.2, 0.25) is 10.0 Å². The van der Waals surface area contributed by atoms with Crippen molar-refractivity contribution in [3.8, 4) is 0 Å². The number of benzene rings is 1. The number of nitrogens with zero attached hydrogens (tertiary/aromatic N) is 2. The molecule has 3 rings (SSSR count). The van der Waals surface area contributed by atoms with Crippen LogP contribution in [0.25, 0.3) is 0 Å². The van der Waals surface area contributed by atoms with Crippen LogP contribution in [-0.2, 0) is 4.79 Å². The van der Waals surface area contributed by atoms with Gasteiger partial charge in [0.25, 0.3) is 0 Å². The zero-order chi connectivity index (χ0) is 17.1. The molecule has 1 atom stereocenters. The van der Waals surface area contributed by atoms with Crippen molar-refractivity contribution >= 4 is 63.3 Å². The molecule has 1 saturated carbocycles. The molecule has 2 aliphatic rings. The highest BCUT2D eigenvalue weighted by atomic mass is 35.5. The number of anilines is 1. The molecule has 24 heavy (non-hydrogen) atoms. The van der Waals surface area contributed by atoms with E-state index in [4.69, 9.17) is 23.2 Å². The number of amides is 3. The predicted octanol–water partition coefficient (Wildman–Crippen LogP) is 4.83. The quantitative estimate of drug-likeness (QED) is 0.812. The van der Waals surface area contributed by atoms with Gasteiger partial charge in [-0.3, -0.25) is 4.79 Å². The number of carbonyl (C=O) groups is 2. The number of fused-ring (bicyclic) bond motifs is 1. The summed E-state index contributed by atoms with van der Waals surface area (Å²) in [6.07, 6.45) is 3.92. The lowest BCUT2D eigenvalue weighted by atomic mass is 9.87. The summed E-state index contributed by atoms with van der Waals surface area (Å²) in [6, 6.07) is 4.45. The third-order valence-corrected chi connectivity index (χ3v) is 5.69. The van der Waals surface area contributed by atoms with Crippen LogP contribution in [0.4, 0.5) is 10.5 Å². The molecule has 0 aromatic heterocycles. The SMILES string of the molecule is O=C1N=C2CCCCC2C(SCC(=O)Nc2ccc(Cl)c(Cl)c2)=N1. The Hall–Kier alpha value is -1.37. The number of nitrogens with one attached hydrogen (secondary N) is 1. The zero-order valence-corrected chi connectivity index (χ0v) is 15.0. The zero-order valence-electron chi connectivity index (χ0n) is 12.7. The summed E-state index contributed by atoms with van der Waals surface area (Å²) in [4.78, 5) is 31.8. The third kappa shape index (κ3) is 4.18. The molecule has 126 valence electrons. The molecular formula is C16H15Cl2N3O2S. The van der Waals surface area contributed by atoms with E-state index in [1.54, 1.807) is 18.2 Å². The van der Waals surface area contributed by atoms with Crippen LogP contribution in [0.15, 0.2) is 28.2 Å². The van der Waals surface area contributed by atoms with E-state index in [-0.39, 0.29) is 17.6 Å². The minimum Gasteiger partial charge on any atom is -0.325 e. The van der Waals surface area contributed by atoms with Crippen molar-refractivity contribution in [3.05, 3.63) is 28.2 Å². The Morgan fingerprint density at radius 2 is 2.08 bits per heavy atom. The molecule has 1 aliphatic carbocycles. The molecule has 1 aliphatic heterocycles. The summed E-state index contributed by atoms with van der Waals surface area (Å²) in [7, 11) is 0. The van der Waals surface area contributed by atoms with Gasteiger partial charge in [-0.1, -0.05) is 41.4 Å². The first-order valence-corrected chi connectivity index (χ1v) is 9.35. The fraction of sp³-hybridized carbons (Fsp3) is 0.375. The van der Waals surface area contributed by atoms with Gasteiger partial charge in [-0.05, 0) is 37.5 Å². The van der Waals surface area contributed by atoms with Crippen LogP contribution in [0.1, 0.15) is 25.7 Å². The Bertz CT molecular complexity index is 749. The van der Waals surface area contributed by atoms with Gasteiger partial charge in [-0.2, -0.15) is 4.99 Å². The molecule has 1 N–H and O–H groups in total. The van der Waals surface area contributed by atoms with E-state index in [0.717, 1.165) is 31.4 Å². The number of halogens is 2. The Kier molecular flexibility index (Phi) is 5.58. The van der Waals surface area contributed by atoms with Crippen molar-refractivity contribution in [2.45, 2.75) is 25.7 Å². The van der Waals surface area contributed by atoms with E-state index in [0.29, 0.717) is 20.8 Å². The van der Waals surface area contributed by atoms with Gasteiger partial charge < -0.3 is 5.32 Å². The second-order valence-corrected chi connectivity index (χ2v) is 7.41. The maximum absolute atomic E-state index is 12.1. The first-order valence-electron chi connectivity index (χ1n) is 7.60. The monoisotopic (exact) mass is 383 g/mol. The Balaban J connectivity index is 1.59. The Morgan fingerprint density at radius 3 is 2.88 bits per heavy atom. The van der Waals surface area contributed by atoms with Crippen molar-refractivity contribution in [2.24, 2.45) is 15.9 Å². The van der Waals surface area contributed by atoms with E-state index in [9.17, 15) is 9.59 Å². The summed E-state index contributed by atoms with van der Waals surface area (Å²) in [6.45, 7) is 0. The van der Waals surface area contributed by atoms with Crippen molar-refractivity contribution in [1.82, 2.24) is 0 Å². The number of urea groups is 1. The van der Waals surface area contributed by atoms with E-state index in [1.165, 1.54) is 11.8 Å². The molecular weight excluding hydrogens is 369 g/mol. The second kappa shape index (κ2) is 7.68. The maximum Gasteiger partial charge on any atom is 0.367 e. The minimum atomic E-state index is -0.462. The van der Waals surface area contributed by atoms with Crippen LogP contribution in [0, 0.1) is 5.92 Å². The standard InChI is InChI=1S/C16H15Cl2N3O2S/c17-11-6-5-9(7-12(11)18)19-14(22)8-24-15-10-3-1-2-4-13(10)20-16(23)21-15/h5-7,10H,1-4,8H2,(H,19,22). The average Bonchev–Trinajstić information content (AvgIpc) is 2.56. The molecule has 1 aromatic rings. The second-order valence-electron chi connectivity index (χ2n) is 5.60. The van der Waals surface area contributed by atoms with Gasteiger partial charge in [0.1, 0.15) is 0 Å². The van der Waals surface area contributed by atoms with Crippen molar-refractivity contribution in [3.63, 3.8) is 0 Å². The van der Waals surface area contributed by atoms with Crippen molar-refractivity contribution in [2.75, 3.05) is 11.1 Å². The van der Waals surface area contributed by atoms with Crippen LogP contribution in [0.5, 0.6) is 0 Å². The van der Waals surface area contributed by atoms with E-state index in [1.807, 2.05) is 0 Å². The third-order valence-electron chi connectivity index (χ3n) is 3.88. The smallest absolute Gasteiger partial charge is 0.325 e. The van der Waals surface area contributed by atoms with Crippen molar-refractivity contribution in [1.29, 1.82) is 0 Å². The fourth-order valence-electron chi connectivity index (χ4n) is 2.76. The van der Waals surface area contributed by atoms with E-state index < -0.39 is 6.03 Å². The van der Waals surface area contributed by atoms with Crippen LogP contribution >= 0.6 is 35.0 Å². The van der Waals surface area contributed by atoms with E-state index >= 15 is 0 Å².